The number of phenolic OH excluding ortho intramolecular Hbond substituents is 1. The Kier molecular flexibility index (Phi) is 1.16. The van der Waals surface area contributed by atoms with E-state index in [4.69, 9.17) is 0 Å². The minimum atomic E-state index is 0.238. The van der Waals surface area contributed by atoms with Gasteiger partial charge in [0.05, 0.1) is 11.0 Å². The fourth-order valence-corrected chi connectivity index (χ4v) is 1.97. The lowest BCUT2D eigenvalue weighted by Crippen LogP contribution is -1.80. The van der Waals surface area contributed by atoms with Crippen LogP contribution in [-0.2, 0) is 0 Å². The summed E-state index contributed by atoms with van der Waals surface area (Å²) in [6.07, 6.45) is 0. The number of hydrogen-bond acceptors (Lipinski definition) is 4. The van der Waals surface area contributed by atoms with E-state index in [1.165, 1.54) is 11.3 Å². The average Bonchev–Trinajstić information content (AvgIpc) is 2.64. The molecule has 0 aliphatic carbocycles. The van der Waals surface area contributed by atoms with Crippen LogP contribution in [-0.4, -0.2) is 19.7 Å². The molecule has 64 valence electrons. The summed E-state index contributed by atoms with van der Waals surface area (Å²) in [5.41, 5.74) is 3.43. The molecule has 2 heterocycles. The molecule has 0 aliphatic rings. The van der Waals surface area contributed by atoms with Gasteiger partial charge in [0.2, 0.25) is 4.96 Å². The van der Waals surface area contributed by atoms with Gasteiger partial charge in [-0.15, -0.1) is 0 Å². The number of hydrogen-bond donors (Lipinski definition) is 1. The Hall–Kier alpha value is -1.62. The molecule has 3 aromatic rings. The van der Waals surface area contributed by atoms with E-state index in [1.807, 2.05) is 0 Å². The SMILES string of the molecule is Oc1ccc2nc3scnn3c2c1. The van der Waals surface area contributed by atoms with Crippen molar-refractivity contribution in [3.8, 4) is 5.75 Å². The van der Waals surface area contributed by atoms with Gasteiger partial charge in [0.1, 0.15) is 11.3 Å². The summed E-state index contributed by atoms with van der Waals surface area (Å²) in [5.74, 6) is 0.238. The number of aromatic hydroxyl groups is 1. The monoisotopic (exact) mass is 191 g/mol. The lowest BCUT2D eigenvalue weighted by Gasteiger charge is -1.90. The molecule has 0 spiro atoms. The number of fused-ring (bicyclic) bond motifs is 3. The van der Waals surface area contributed by atoms with Crippen LogP contribution in [0, 0.1) is 0 Å². The third-order valence-corrected chi connectivity index (χ3v) is 2.58. The van der Waals surface area contributed by atoms with Crippen molar-refractivity contribution >= 4 is 27.3 Å². The molecule has 0 saturated heterocycles. The van der Waals surface area contributed by atoms with Crippen LogP contribution < -0.4 is 0 Å². The van der Waals surface area contributed by atoms with E-state index >= 15 is 0 Å². The zero-order valence-electron chi connectivity index (χ0n) is 6.51. The molecule has 2 aromatic heterocycles. The topological polar surface area (TPSA) is 50.4 Å². The fourth-order valence-electron chi connectivity index (χ4n) is 1.34. The highest BCUT2D eigenvalue weighted by Crippen LogP contribution is 2.21. The highest BCUT2D eigenvalue weighted by Gasteiger charge is 2.05. The van der Waals surface area contributed by atoms with Crippen molar-refractivity contribution in [2.45, 2.75) is 0 Å². The van der Waals surface area contributed by atoms with E-state index < -0.39 is 0 Å². The molecule has 4 nitrogen and oxygen atoms in total. The van der Waals surface area contributed by atoms with Crippen molar-refractivity contribution < 1.29 is 5.11 Å². The first kappa shape index (κ1) is 6.85. The lowest BCUT2D eigenvalue weighted by molar-refractivity contribution is 0.476. The first-order valence-electron chi connectivity index (χ1n) is 3.75. The smallest absolute Gasteiger partial charge is 0.213 e. The zero-order chi connectivity index (χ0) is 8.84. The fraction of sp³-hybridized carbons (Fsp3) is 0. The first-order valence-corrected chi connectivity index (χ1v) is 4.63. The van der Waals surface area contributed by atoms with Crippen molar-refractivity contribution in [1.82, 2.24) is 14.6 Å². The summed E-state index contributed by atoms with van der Waals surface area (Å²) in [6, 6.07) is 5.07. The van der Waals surface area contributed by atoms with Gasteiger partial charge in [-0.3, -0.25) is 0 Å². The van der Waals surface area contributed by atoms with E-state index in [-0.39, 0.29) is 5.75 Å². The molecule has 0 aliphatic heterocycles. The van der Waals surface area contributed by atoms with Crippen LogP contribution in [0.3, 0.4) is 0 Å². The maximum Gasteiger partial charge on any atom is 0.213 e. The normalized spacial score (nSPS) is 11.4. The van der Waals surface area contributed by atoms with Crippen molar-refractivity contribution in [1.29, 1.82) is 0 Å². The van der Waals surface area contributed by atoms with Gasteiger partial charge < -0.3 is 5.11 Å². The summed E-state index contributed by atoms with van der Waals surface area (Å²) in [4.78, 5) is 5.17. The number of nitrogens with zero attached hydrogens (tertiary/aromatic N) is 3. The van der Waals surface area contributed by atoms with Crippen LogP contribution in [0.5, 0.6) is 5.75 Å². The molecule has 0 amide bonds. The van der Waals surface area contributed by atoms with Crippen molar-refractivity contribution in [3.05, 3.63) is 23.7 Å². The number of imidazole rings is 1. The van der Waals surface area contributed by atoms with Crippen LogP contribution >= 0.6 is 11.3 Å². The molecule has 0 saturated carbocycles. The highest BCUT2D eigenvalue weighted by molar-refractivity contribution is 7.14. The maximum absolute atomic E-state index is 9.28. The number of benzene rings is 1. The van der Waals surface area contributed by atoms with Gasteiger partial charge in [0.15, 0.2) is 0 Å². The minimum absolute atomic E-state index is 0.238. The molecule has 1 N–H and O–H groups in total. The molecule has 1 aromatic carbocycles. The Bertz CT molecular complexity index is 583. The zero-order valence-corrected chi connectivity index (χ0v) is 7.32. The molecular weight excluding hydrogens is 186 g/mol. The van der Waals surface area contributed by atoms with E-state index in [0.717, 1.165) is 16.0 Å². The number of phenols is 1. The summed E-state index contributed by atoms with van der Waals surface area (Å²) in [6.45, 7) is 0. The van der Waals surface area contributed by atoms with Gasteiger partial charge in [0.25, 0.3) is 0 Å². The van der Waals surface area contributed by atoms with Crippen molar-refractivity contribution in [3.63, 3.8) is 0 Å². The standard InChI is InChI=1S/C8H5N3OS/c12-5-1-2-6-7(3-5)11-8(10-6)13-4-9-11/h1-4,12H. The molecule has 0 unspecified atom stereocenters. The van der Waals surface area contributed by atoms with Gasteiger partial charge in [0, 0.05) is 6.07 Å². The van der Waals surface area contributed by atoms with Crippen molar-refractivity contribution in [2.24, 2.45) is 0 Å². The lowest BCUT2D eigenvalue weighted by atomic mass is 10.3. The van der Waals surface area contributed by atoms with Crippen molar-refractivity contribution in [2.75, 3.05) is 0 Å². The molecule has 0 bridgehead atoms. The van der Waals surface area contributed by atoms with Gasteiger partial charge >= 0.3 is 0 Å². The molecule has 0 atom stereocenters. The van der Waals surface area contributed by atoms with E-state index in [0.29, 0.717) is 0 Å². The van der Waals surface area contributed by atoms with Gasteiger partial charge in [-0.05, 0) is 12.1 Å². The Morgan fingerprint density at radius 2 is 2.31 bits per heavy atom. The molecule has 0 radical (unpaired) electrons. The average molecular weight is 191 g/mol. The van der Waals surface area contributed by atoms with Gasteiger partial charge in [-0.2, -0.15) is 5.10 Å². The Morgan fingerprint density at radius 3 is 3.23 bits per heavy atom. The van der Waals surface area contributed by atoms with E-state index in [2.05, 4.69) is 10.1 Å². The predicted octanol–water partition coefficient (Wildman–Crippen LogP) is 1.65. The Labute approximate surface area is 77.1 Å². The largest absolute Gasteiger partial charge is 0.508 e. The molecule has 13 heavy (non-hydrogen) atoms. The molecular formula is C8H5N3OS. The van der Waals surface area contributed by atoms with Crippen LogP contribution in [0.15, 0.2) is 23.7 Å². The third kappa shape index (κ3) is 0.844. The summed E-state index contributed by atoms with van der Waals surface area (Å²) in [5, 5.41) is 13.4. The second-order valence-corrected chi connectivity index (χ2v) is 3.53. The number of rotatable bonds is 0. The predicted molar refractivity (Wildman–Crippen MR) is 50.0 cm³/mol. The summed E-state index contributed by atoms with van der Waals surface area (Å²) >= 11 is 1.48. The summed E-state index contributed by atoms with van der Waals surface area (Å²) < 4.78 is 1.72. The maximum atomic E-state index is 9.28. The van der Waals surface area contributed by atoms with Crippen LogP contribution in [0.25, 0.3) is 16.0 Å². The van der Waals surface area contributed by atoms with Gasteiger partial charge in [-0.25, -0.2) is 9.50 Å². The number of aromatic nitrogens is 3. The Balaban J connectivity index is 2.61. The van der Waals surface area contributed by atoms with Crippen LogP contribution in [0.1, 0.15) is 0 Å². The summed E-state index contributed by atoms with van der Waals surface area (Å²) in [7, 11) is 0. The van der Waals surface area contributed by atoms with Crippen LogP contribution in [0.4, 0.5) is 0 Å². The van der Waals surface area contributed by atoms with E-state index in [1.54, 1.807) is 28.2 Å². The first-order chi connectivity index (χ1) is 6.34. The molecule has 0 fully saturated rings. The minimum Gasteiger partial charge on any atom is -0.508 e. The Morgan fingerprint density at radius 1 is 1.38 bits per heavy atom. The second kappa shape index (κ2) is 2.20. The second-order valence-electron chi connectivity index (χ2n) is 2.72. The van der Waals surface area contributed by atoms with E-state index in [9.17, 15) is 5.11 Å². The highest BCUT2D eigenvalue weighted by atomic mass is 32.1. The molecule has 3 rings (SSSR count). The van der Waals surface area contributed by atoms with Crippen LogP contribution in [0.2, 0.25) is 0 Å². The third-order valence-electron chi connectivity index (χ3n) is 1.91. The molecule has 5 heteroatoms. The van der Waals surface area contributed by atoms with Gasteiger partial charge in [-0.1, -0.05) is 11.3 Å². The quantitative estimate of drug-likeness (QED) is 0.587.